The summed E-state index contributed by atoms with van der Waals surface area (Å²) in [6.07, 6.45) is 3.79. The molecule has 0 N–H and O–H groups in total. The Bertz CT molecular complexity index is 917. The SMILES string of the molecule is C=C(/C=C\C(=C)[C-](C)C)OC(C)(C)c1ccc(C#Cc2ccc(C)cc2)cc1.[Y]. The first-order valence-electron chi connectivity index (χ1n) is 9.42. The molecule has 1 nitrogen and oxygen atoms in total. The van der Waals surface area contributed by atoms with Crippen molar-refractivity contribution in [2.75, 3.05) is 0 Å². The summed E-state index contributed by atoms with van der Waals surface area (Å²) >= 11 is 0. The second-order valence-electron chi connectivity index (χ2n) is 7.63. The number of hydrogen-bond acceptors (Lipinski definition) is 1. The van der Waals surface area contributed by atoms with Crippen LogP contribution in [0.25, 0.3) is 0 Å². The topological polar surface area (TPSA) is 9.23 Å². The summed E-state index contributed by atoms with van der Waals surface area (Å²) in [6, 6.07) is 16.4. The second-order valence-corrected chi connectivity index (χ2v) is 7.63. The van der Waals surface area contributed by atoms with Gasteiger partial charge < -0.3 is 4.74 Å². The average Bonchev–Trinajstić information content (AvgIpc) is 2.65. The van der Waals surface area contributed by atoms with E-state index in [-0.39, 0.29) is 32.7 Å². The molecule has 0 spiro atoms. The first-order valence-corrected chi connectivity index (χ1v) is 9.42. The summed E-state index contributed by atoms with van der Waals surface area (Å²) in [7, 11) is 0. The van der Waals surface area contributed by atoms with Crippen LogP contribution in [-0.2, 0) is 43.0 Å². The summed E-state index contributed by atoms with van der Waals surface area (Å²) < 4.78 is 6.07. The van der Waals surface area contributed by atoms with Gasteiger partial charge in [-0.2, -0.15) is 24.1 Å². The molecule has 2 rings (SSSR count). The molecule has 0 atom stereocenters. The maximum absolute atomic E-state index is 6.07. The normalized spacial score (nSPS) is 10.5. The minimum Gasteiger partial charge on any atom is -0.485 e. The van der Waals surface area contributed by atoms with Crippen LogP contribution in [-0.4, -0.2) is 0 Å². The number of aryl methyl sites for hydroxylation is 1. The Hall–Kier alpha value is -2.01. The molecule has 1 radical (unpaired) electrons. The van der Waals surface area contributed by atoms with Crippen LogP contribution in [0.5, 0.6) is 0 Å². The van der Waals surface area contributed by atoms with Gasteiger partial charge >= 0.3 is 0 Å². The Labute approximate surface area is 201 Å². The van der Waals surface area contributed by atoms with Crippen molar-refractivity contribution < 1.29 is 37.4 Å². The van der Waals surface area contributed by atoms with E-state index in [1.54, 1.807) is 0 Å². The predicted octanol–water partition coefficient (Wildman–Crippen LogP) is 6.88. The summed E-state index contributed by atoms with van der Waals surface area (Å²) in [4.78, 5) is 0. The molecule has 0 aliphatic heterocycles. The molecular weight excluding hydrogens is 429 g/mol. The Morgan fingerprint density at radius 2 is 1.38 bits per heavy atom. The number of benzene rings is 2. The van der Waals surface area contributed by atoms with Gasteiger partial charge in [0, 0.05) is 43.8 Å². The number of hydrogen-bond donors (Lipinski definition) is 0. The quantitative estimate of drug-likeness (QED) is 0.198. The third-order valence-electron chi connectivity index (χ3n) is 4.48. The molecule has 29 heavy (non-hydrogen) atoms. The van der Waals surface area contributed by atoms with E-state index in [0.29, 0.717) is 5.76 Å². The van der Waals surface area contributed by atoms with Crippen molar-refractivity contribution in [3.05, 3.63) is 113 Å². The molecule has 0 saturated heterocycles. The third kappa shape index (κ3) is 8.10. The smallest absolute Gasteiger partial charge is 0.128 e. The Morgan fingerprint density at radius 3 is 1.86 bits per heavy atom. The van der Waals surface area contributed by atoms with Gasteiger partial charge in [-0.05, 0) is 50.6 Å². The van der Waals surface area contributed by atoms with Crippen LogP contribution >= 0.6 is 0 Å². The zero-order valence-corrected chi connectivity index (χ0v) is 21.0. The Morgan fingerprint density at radius 1 is 0.897 bits per heavy atom. The van der Waals surface area contributed by atoms with E-state index in [2.05, 4.69) is 56.2 Å². The van der Waals surface area contributed by atoms with E-state index in [1.807, 2.05) is 64.1 Å². The van der Waals surface area contributed by atoms with Gasteiger partial charge in [-0.25, -0.2) is 0 Å². The van der Waals surface area contributed by atoms with E-state index in [9.17, 15) is 0 Å². The molecule has 0 aliphatic carbocycles. The molecule has 0 amide bonds. The fourth-order valence-corrected chi connectivity index (χ4v) is 2.52. The molecule has 0 aromatic heterocycles. The van der Waals surface area contributed by atoms with Gasteiger partial charge in [0.15, 0.2) is 0 Å². The van der Waals surface area contributed by atoms with E-state index in [4.69, 9.17) is 4.74 Å². The summed E-state index contributed by atoms with van der Waals surface area (Å²) in [5.41, 5.74) is 4.78. The van der Waals surface area contributed by atoms with E-state index < -0.39 is 5.60 Å². The molecule has 0 saturated carbocycles. The van der Waals surface area contributed by atoms with Crippen molar-refractivity contribution in [1.82, 2.24) is 0 Å². The van der Waals surface area contributed by atoms with Gasteiger partial charge in [0.1, 0.15) is 11.4 Å². The first-order chi connectivity index (χ1) is 13.2. The van der Waals surface area contributed by atoms with Crippen LogP contribution in [0.1, 0.15) is 49.9 Å². The predicted molar refractivity (Wildman–Crippen MR) is 120 cm³/mol. The van der Waals surface area contributed by atoms with Crippen LogP contribution < -0.4 is 0 Å². The average molecular weight is 458 g/mol. The van der Waals surface area contributed by atoms with Crippen molar-refractivity contribution in [1.29, 1.82) is 0 Å². The first kappa shape index (κ1) is 25.0. The third-order valence-corrected chi connectivity index (χ3v) is 4.48. The molecular formula is C27H29OY-. The molecule has 0 heterocycles. The number of ether oxygens (including phenoxy) is 1. The molecule has 0 unspecified atom stereocenters. The summed E-state index contributed by atoms with van der Waals surface area (Å²) in [6.45, 7) is 18.2. The minimum atomic E-state index is -0.489. The van der Waals surface area contributed by atoms with Crippen molar-refractivity contribution in [3.63, 3.8) is 0 Å². The maximum atomic E-state index is 6.07. The molecule has 2 aromatic carbocycles. The van der Waals surface area contributed by atoms with Crippen LogP contribution in [0.4, 0.5) is 0 Å². The zero-order chi connectivity index (χ0) is 20.7. The molecule has 0 aliphatic rings. The largest absolute Gasteiger partial charge is 0.485 e. The van der Waals surface area contributed by atoms with Gasteiger partial charge in [-0.3, -0.25) is 0 Å². The van der Waals surface area contributed by atoms with Crippen LogP contribution in [0.3, 0.4) is 0 Å². The van der Waals surface area contributed by atoms with Crippen molar-refractivity contribution >= 4 is 0 Å². The van der Waals surface area contributed by atoms with Gasteiger partial charge in [-0.15, -0.1) is 0 Å². The second kappa shape index (κ2) is 11.2. The molecule has 2 heteroatoms. The van der Waals surface area contributed by atoms with E-state index >= 15 is 0 Å². The van der Waals surface area contributed by atoms with E-state index in [1.165, 1.54) is 11.5 Å². The molecule has 0 bridgehead atoms. The van der Waals surface area contributed by atoms with Crippen LogP contribution in [0, 0.1) is 24.7 Å². The minimum absolute atomic E-state index is 0. The fourth-order valence-electron chi connectivity index (χ4n) is 2.52. The number of rotatable bonds is 6. The van der Waals surface area contributed by atoms with Gasteiger partial charge in [0.2, 0.25) is 0 Å². The van der Waals surface area contributed by atoms with Gasteiger partial charge in [-0.1, -0.05) is 68.2 Å². The molecule has 2 aromatic rings. The zero-order valence-electron chi connectivity index (χ0n) is 18.2. The Kier molecular flexibility index (Phi) is 9.71. The summed E-state index contributed by atoms with van der Waals surface area (Å²) in [5, 5.41) is 0. The van der Waals surface area contributed by atoms with E-state index in [0.717, 1.165) is 22.3 Å². The van der Waals surface area contributed by atoms with Crippen molar-refractivity contribution in [2.45, 2.75) is 40.2 Å². The van der Waals surface area contributed by atoms with Gasteiger partial charge in [0.25, 0.3) is 0 Å². The van der Waals surface area contributed by atoms with Crippen LogP contribution in [0.15, 0.2) is 85.2 Å². The molecule has 0 fully saturated rings. The van der Waals surface area contributed by atoms with Crippen LogP contribution in [0.2, 0.25) is 0 Å². The number of allylic oxidation sites excluding steroid dienone is 3. The van der Waals surface area contributed by atoms with Gasteiger partial charge in [0.05, 0.1) is 0 Å². The molecule has 147 valence electrons. The standard InChI is InChI=1S/C27H29O.Y/c1-20(2)22(4)10-11-23(5)28-27(6,7)26-18-16-25(17-19-26)15-14-24-12-8-21(3)9-13-24;/h8-13,16-19H,4-5H2,1-3,6-7H3;/q-1;/b11-10-;. The monoisotopic (exact) mass is 458 g/mol. The fraction of sp³-hybridized carbons (Fsp3) is 0.222. The van der Waals surface area contributed by atoms with Crippen molar-refractivity contribution in [3.8, 4) is 11.8 Å². The van der Waals surface area contributed by atoms with Crippen molar-refractivity contribution in [2.24, 2.45) is 0 Å². The maximum Gasteiger partial charge on any atom is 0.128 e. The Balaban J connectivity index is 0.00000420. The summed E-state index contributed by atoms with van der Waals surface area (Å²) in [5.74, 6) is 8.19.